The summed E-state index contributed by atoms with van der Waals surface area (Å²) in [6.45, 7) is 10.4. The largest absolute Gasteiger partial charge is 0.488 e. The number of hydrogen-bond donors (Lipinski definition) is 1. The maximum absolute atomic E-state index is 13.3. The Bertz CT molecular complexity index is 1590. The van der Waals surface area contributed by atoms with Crippen molar-refractivity contribution in [2.75, 3.05) is 5.32 Å². The highest BCUT2D eigenvalue weighted by Gasteiger charge is 2.23. The Labute approximate surface area is 216 Å². The third-order valence-corrected chi connectivity index (χ3v) is 6.79. The smallest absolute Gasteiger partial charge is 0.278 e. The fourth-order valence-electron chi connectivity index (χ4n) is 4.71. The van der Waals surface area contributed by atoms with Gasteiger partial charge in [-0.25, -0.2) is 0 Å². The van der Waals surface area contributed by atoms with E-state index in [2.05, 4.69) is 40.8 Å². The lowest BCUT2D eigenvalue weighted by atomic mass is 10.0. The van der Waals surface area contributed by atoms with Gasteiger partial charge in [-0.2, -0.15) is 5.10 Å². The Morgan fingerprint density at radius 1 is 0.946 bits per heavy atom. The molecule has 0 aliphatic heterocycles. The maximum atomic E-state index is 13.3. The third-order valence-electron chi connectivity index (χ3n) is 6.79. The molecule has 0 saturated heterocycles. The maximum Gasteiger partial charge on any atom is 0.278 e. The summed E-state index contributed by atoms with van der Waals surface area (Å²) >= 11 is 0. The molecule has 188 valence electrons. The summed E-state index contributed by atoms with van der Waals surface area (Å²) in [5.41, 5.74) is 6.34. The van der Waals surface area contributed by atoms with Crippen LogP contribution in [0.5, 0.6) is 5.75 Å². The van der Waals surface area contributed by atoms with E-state index in [4.69, 9.17) is 14.4 Å². The van der Waals surface area contributed by atoms with Crippen molar-refractivity contribution >= 4 is 22.4 Å². The SMILES string of the molecule is Cc1cccc(C)c1OCc1c(C(=O)Nc2c(C)nn(Cc3cccc4ccccc34)c2C)noc1C. The molecule has 2 heterocycles. The molecule has 0 aliphatic rings. The number of carbonyl (C=O) groups is 1. The number of benzene rings is 3. The Morgan fingerprint density at radius 2 is 1.65 bits per heavy atom. The van der Waals surface area contributed by atoms with Crippen LogP contribution >= 0.6 is 0 Å². The predicted molar refractivity (Wildman–Crippen MR) is 144 cm³/mol. The zero-order chi connectivity index (χ0) is 26.1. The van der Waals surface area contributed by atoms with Crippen molar-refractivity contribution in [3.63, 3.8) is 0 Å². The minimum absolute atomic E-state index is 0.183. The van der Waals surface area contributed by atoms with E-state index in [9.17, 15) is 4.79 Å². The van der Waals surface area contributed by atoms with Crippen molar-refractivity contribution in [2.24, 2.45) is 0 Å². The molecule has 37 heavy (non-hydrogen) atoms. The summed E-state index contributed by atoms with van der Waals surface area (Å²) in [6, 6.07) is 20.6. The second-order valence-electron chi connectivity index (χ2n) is 9.37. The molecule has 1 N–H and O–H groups in total. The van der Waals surface area contributed by atoms with Gasteiger partial charge in [-0.1, -0.05) is 65.8 Å². The number of aryl methyl sites for hydroxylation is 4. The van der Waals surface area contributed by atoms with E-state index in [0.29, 0.717) is 23.6 Å². The summed E-state index contributed by atoms with van der Waals surface area (Å²) in [4.78, 5) is 13.3. The number of anilines is 1. The number of para-hydroxylation sites is 1. The number of nitrogens with one attached hydrogen (secondary N) is 1. The minimum Gasteiger partial charge on any atom is -0.488 e. The normalized spacial score (nSPS) is 11.2. The number of rotatable bonds is 7. The summed E-state index contributed by atoms with van der Waals surface area (Å²) in [7, 11) is 0. The van der Waals surface area contributed by atoms with Gasteiger partial charge in [-0.15, -0.1) is 0 Å². The van der Waals surface area contributed by atoms with Gasteiger partial charge in [0.2, 0.25) is 0 Å². The first-order chi connectivity index (χ1) is 17.8. The van der Waals surface area contributed by atoms with Gasteiger partial charge in [-0.05, 0) is 62.1 Å². The highest BCUT2D eigenvalue weighted by Crippen LogP contribution is 2.27. The molecule has 0 aliphatic carbocycles. The lowest BCUT2D eigenvalue weighted by Gasteiger charge is -2.12. The van der Waals surface area contributed by atoms with E-state index in [0.717, 1.165) is 28.3 Å². The van der Waals surface area contributed by atoms with Crippen molar-refractivity contribution in [1.29, 1.82) is 0 Å². The number of aromatic nitrogens is 3. The fraction of sp³-hybridized carbons (Fsp3) is 0.233. The highest BCUT2D eigenvalue weighted by atomic mass is 16.5. The van der Waals surface area contributed by atoms with Crippen LogP contribution < -0.4 is 10.1 Å². The number of ether oxygens (including phenoxy) is 1. The Morgan fingerprint density at radius 3 is 2.43 bits per heavy atom. The molecule has 0 radical (unpaired) electrons. The minimum atomic E-state index is -0.354. The van der Waals surface area contributed by atoms with Crippen LogP contribution in [0.25, 0.3) is 10.8 Å². The predicted octanol–water partition coefficient (Wildman–Crippen LogP) is 6.45. The number of nitrogens with zero attached hydrogens (tertiary/aromatic N) is 3. The van der Waals surface area contributed by atoms with Crippen molar-refractivity contribution in [3.05, 3.63) is 106 Å². The van der Waals surface area contributed by atoms with Crippen LogP contribution in [0.4, 0.5) is 5.69 Å². The molecule has 0 unspecified atom stereocenters. The standard InChI is InChI=1S/C30H30N4O3/c1-18-10-8-11-19(2)29(18)36-17-26-22(5)37-33-28(26)30(35)31-27-20(3)32-34(21(27)4)16-24-14-9-13-23-12-6-7-15-25(23)24/h6-15H,16-17H2,1-5H3,(H,31,35). The number of carbonyl (C=O) groups excluding carboxylic acids is 1. The monoisotopic (exact) mass is 494 g/mol. The molecule has 0 bridgehead atoms. The van der Waals surface area contributed by atoms with E-state index in [1.54, 1.807) is 6.92 Å². The van der Waals surface area contributed by atoms with Gasteiger partial charge in [0.25, 0.3) is 5.91 Å². The van der Waals surface area contributed by atoms with Gasteiger partial charge in [0.15, 0.2) is 5.69 Å². The lowest BCUT2D eigenvalue weighted by Crippen LogP contribution is -2.16. The average Bonchev–Trinajstić information content (AvgIpc) is 3.38. The molecule has 0 atom stereocenters. The Hall–Kier alpha value is -4.39. The second-order valence-corrected chi connectivity index (χ2v) is 9.37. The quantitative estimate of drug-likeness (QED) is 0.281. The number of fused-ring (bicyclic) bond motifs is 1. The second kappa shape index (κ2) is 9.93. The van der Waals surface area contributed by atoms with Crippen molar-refractivity contribution in [1.82, 2.24) is 14.9 Å². The summed E-state index contributed by atoms with van der Waals surface area (Å²) in [6.07, 6.45) is 0. The van der Waals surface area contributed by atoms with Crippen LogP contribution in [0.2, 0.25) is 0 Å². The third kappa shape index (κ3) is 4.72. The van der Waals surface area contributed by atoms with Gasteiger partial charge in [0, 0.05) is 0 Å². The lowest BCUT2D eigenvalue weighted by molar-refractivity contribution is 0.101. The Kier molecular flexibility index (Phi) is 6.53. The molecule has 2 aromatic heterocycles. The molecule has 3 aromatic carbocycles. The molecular formula is C30H30N4O3. The van der Waals surface area contributed by atoms with E-state index in [1.165, 1.54) is 16.3 Å². The van der Waals surface area contributed by atoms with Gasteiger partial charge in [0.05, 0.1) is 29.2 Å². The molecule has 7 nitrogen and oxygen atoms in total. The van der Waals surface area contributed by atoms with E-state index >= 15 is 0 Å². The molecule has 5 rings (SSSR count). The number of amides is 1. The molecule has 0 fully saturated rings. The van der Waals surface area contributed by atoms with Crippen LogP contribution in [0.15, 0.2) is 65.2 Å². The fourth-order valence-corrected chi connectivity index (χ4v) is 4.71. The zero-order valence-electron chi connectivity index (χ0n) is 21.8. The summed E-state index contributed by atoms with van der Waals surface area (Å²) in [5.74, 6) is 1.00. The van der Waals surface area contributed by atoms with Gasteiger partial charge in [-0.3, -0.25) is 9.48 Å². The van der Waals surface area contributed by atoms with Crippen LogP contribution in [-0.2, 0) is 13.2 Å². The molecule has 1 amide bonds. The average molecular weight is 495 g/mol. The van der Waals surface area contributed by atoms with E-state index in [1.807, 2.05) is 62.7 Å². The van der Waals surface area contributed by atoms with Crippen molar-refractivity contribution in [2.45, 2.75) is 47.8 Å². The molecular weight excluding hydrogens is 464 g/mol. The molecule has 0 saturated carbocycles. The Balaban J connectivity index is 1.37. The molecule has 7 heteroatoms. The van der Waals surface area contributed by atoms with Gasteiger partial charge in [0.1, 0.15) is 18.1 Å². The van der Waals surface area contributed by atoms with Crippen LogP contribution in [-0.4, -0.2) is 20.8 Å². The molecule has 5 aromatic rings. The van der Waals surface area contributed by atoms with Crippen LogP contribution in [0.3, 0.4) is 0 Å². The topological polar surface area (TPSA) is 82.2 Å². The number of hydrogen-bond acceptors (Lipinski definition) is 5. The van der Waals surface area contributed by atoms with Crippen LogP contribution in [0.1, 0.15) is 49.9 Å². The summed E-state index contributed by atoms with van der Waals surface area (Å²) < 4.78 is 13.4. The van der Waals surface area contributed by atoms with Crippen LogP contribution in [0, 0.1) is 34.6 Å². The first kappa shape index (κ1) is 24.3. The van der Waals surface area contributed by atoms with Crippen molar-refractivity contribution < 1.29 is 14.1 Å². The van der Waals surface area contributed by atoms with Gasteiger partial charge >= 0.3 is 0 Å². The van der Waals surface area contributed by atoms with Crippen molar-refractivity contribution in [3.8, 4) is 5.75 Å². The van der Waals surface area contributed by atoms with Gasteiger partial charge < -0.3 is 14.6 Å². The zero-order valence-corrected chi connectivity index (χ0v) is 21.8. The summed E-state index contributed by atoms with van der Waals surface area (Å²) in [5, 5.41) is 14.1. The first-order valence-electron chi connectivity index (χ1n) is 12.3. The van der Waals surface area contributed by atoms with E-state index in [-0.39, 0.29) is 18.2 Å². The molecule has 0 spiro atoms. The van der Waals surface area contributed by atoms with E-state index < -0.39 is 0 Å². The first-order valence-corrected chi connectivity index (χ1v) is 12.3. The highest BCUT2D eigenvalue weighted by molar-refractivity contribution is 6.04.